The maximum Gasteiger partial charge on any atom is 0.359 e. The molecule has 1 aromatic heterocycles. The number of benzene rings is 1. The zero-order chi connectivity index (χ0) is 13.8. The first-order valence-electron chi connectivity index (χ1n) is 5.92. The van der Waals surface area contributed by atoms with Crippen LogP contribution in [0.2, 0.25) is 0 Å². The lowest BCUT2D eigenvalue weighted by molar-refractivity contribution is -0.107. The molecule has 19 heavy (non-hydrogen) atoms. The normalized spacial score (nSPS) is 10.2. The van der Waals surface area contributed by atoms with Crippen molar-refractivity contribution in [2.75, 3.05) is 18.6 Å². The molecular weight excluding hydrogens is 244 g/mol. The van der Waals surface area contributed by atoms with E-state index in [1.54, 1.807) is 20.0 Å². The molecule has 1 aromatic carbocycles. The number of fused-ring (bicyclic) bond motifs is 1. The van der Waals surface area contributed by atoms with Gasteiger partial charge in [-0.25, -0.2) is 9.78 Å². The molecule has 0 saturated carbocycles. The number of carbonyl (C=O) groups excluding carboxylic acids is 2. The molecule has 0 aliphatic carbocycles. The van der Waals surface area contributed by atoms with E-state index in [1.807, 2.05) is 24.3 Å². The molecule has 0 fully saturated rings. The summed E-state index contributed by atoms with van der Waals surface area (Å²) < 4.78 is 4.97. The highest BCUT2D eigenvalue weighted by molar-refractivity contribution is 6.00. The van der Waals surface area contributed by atoms with E-state index in [9.17, 15) is 9.59 Å². The third-order valence-corrected chi connectivity index (χ3v) is 2.71. The van der Waals surface area contributed by atoms with Gasteiger partial charge in [0.25, 0.3) is 0 Å². The van der Waals surface area contributed by atoms with Gasteiger partial charge in [-0.2, -0.15) is 0 Å². The van der Waals surface area contributed by atoms with Crippen LogP contribution in [0.4, 0.5) is 5.69 Å². The van der Waals surface area contributed by atoms with E-state index in [-0.39, 0.29) is 12.3 Å². The minimum absolute atomic E-state index is 0.148. The number of nitrogens with zero attached hydrogens (tertiary/aromatic N) is 2. The Morgan fingerprint density at radius 2 is 2.16 bits per heavy atom. The standard InChI is InChI=1S/C14H14N2O3/c1-3-19-14(18)13-12(16(2)9-17)8-10-6-4-5-7-11(10)15-13/h4-9H,3H2,1-2H3. The summed E-state index contributed by atoms with van der Waals surface area (Å²) in [5, 5.41) is 0.860. The van der Waals surface area contributed by atoms with Gasteiger partial charge < -0.3 is 9.64 Å². The number of para-hydroxylation sites is 1. The van der Waals surface area contributed by atoms with Crippen molar-refractivity contribution in [2.45, 2.75) is 6.92 Å². The van der Waals surface area contributed by atoms with E-state index in [0.29, 0.717) is 17.6 Å². The number of carbonyl (C=O) groups is 2. The van der Waals surface area contributed by atoms with E-state index in [4.69, 9.17) is 4.74 Å². The van der Waals surface area contributed by atoms with Gasteiger partial charge in [0.2, 0.25) is 6.41 Å². The first-order valence-corrected chi connectivity index (χ1v) is 5.92. The lowest BCUT2D eigenvalue weighted by atomic mass is 10.1. The minimum atomic E-state index is -0.531. The summed E-state index contributed by atoms with van der Waals surface area (Å²) >= 11 is 0. The molecule has 0 saturated heterocycles. The number of rotatable bonds is 4. The van der Waals surface area contributed by atoms with E-state index in [1.165, 1.54) is 4.90 Å². The van der Waals surface area contributed by atoms with Gasteiger partial charge in [-0.1, -0.05) is 18.2 Å². The van der Waals surface area contributed by atoms with Crippen LogP contribution in [-0.2, 0) is 9.53 Å². The maximum atomic E-state index is 11.9. The third-order valence-electron chi connectivity index (χ3n) is 2.71. The Kier molecular flexibility index (Phi) is 3.75. The molecule has 5 heteroatoms. The number of pyridine rings is 1. The SMILES string of the molecule is CCOC(=O)c1nc2ccccc2cc1N(C)C=O. The first-order chi connectivity index (χ1) is 9.17. The van der Waals surface area contributed by atoms with E-state index >= 15 is 0 Å². The van der Waals surface area contributed by atoms with E-state index < -0.39 is 5.97 Å². The third kappa shape index (κ3) is 2.54. The zero-order valence-electron chi connectivity index (χ0n) is 10.8. The Balaban J connectivity index is 2.63. The number of esters is 1. The molecule has 0 spiro atoms. The largest absolute Gasteiger partial charge is 0.461 e. The lowest BCUT2D eigenvalue weighted by Crippen LogP contribution is -2.19. The Morgan fingerprint density at radius 3 is 2.84 bits per heavy atom. The zero-order valence-corrected chi connectivity index (χ0v) is 10.8. The molecule has 0 aliphatic rings. The van der Waals surface area contributed by atoms with Crippen LogP contribution in [0.15, 0.2) is 30.3 Å². The van der Waals surface area contributed by atoms with Gasteiger partial charge in [0.15, 0.2) is 5.69 Å². The molecule has 1 heterocycles. The van der Waals surface area contributed by atoms with Crippen LogP contribution < -0.4 is 4.90 Å². The predicted octanol–water partition coefficient (Wildman–Crippen LogP) is 2.00. The van der Waals surface area contributed by atoms with E-state index in [2.05, 4.69) is 4.98 Å². The number of hydrogen-bond donors (Lipinski definition) is 0. The minimum Gasteiger partial charge on any atom is -0.461 e. The second kappa shape index (κ2) is 5.48. The predicted molar refractivity (Wildman–Crippen MR) is 72.2 cm³/mol. The molecule has 2 rings (SSSR count). The first kappa shape index (κ1) is 13.0. The molecule has 5 nitrogen and oxygen atoms in total. The topological polar surface area (TPSA) is 59.5 Å². The van der Waals surface area contributed by atoms with Crippen molar-refractivity contribution < 1.29 is 14.3 Å². The van der Waals surface area contributed by atoms with Gasteiger partial charge in [-0.3, -0.25) is 4.79 Å². The highest BCUT2D eigenvalue weighted by Crippen LogP contribution is 2.23. The quantitative estimate of drug-likeness (QED) is 0.621. The van der Waals surface area contributed by atoms with Crippen molar-refractivity contribution in [2.24, 2.45) is 0 Å². The van der Waals surface area contributed by atoms with Crippen molar-refractivity contribution in [1.29, 1.82) is 0 Å². The smallest absolute Gasteiger partial charge is 0.359 e. The van der Waals surface area contributed by atoms with Crippen LogP contribution in [0.1, 0.15) is 17.4 Å². The fourth-order valence-electron chi connectivity index (χ4n) is 1.78. The molecular formula is C14H14N2O3. The molecule has 0 atom stereocenters. The molecule has 0 bridgehead atoms. The molecule has 0 unspecified atom stereocenters. The van der Waals surface area contributed by atoms with Crippen molar-refractivity contribution in [3.8, 4) is 0 Å². The van der Waals surface area contributed by atoms with Gasteiger partial charge in [-0.05, 0) is 19.1 Å². The van der Waals surface area contributed by atoms with Gasteiger partial charge in [-0.15, -0.1) is 0 Å². The van der Waals surface area contributed by atoms with Crippen molar-refractivity contribution in [3.05, 3.63) is 36.0 Å². The average molecular weight is 258 g/mol. The molecule has 0 N–H and O–H groups in total. The van der Waals surface area contributed by atoms with Crippen LogP contribution in [0, 0.1) is 0 Å². The maximum absolute atomic E-state index is 11.9. The Hall–Kier alpha value is -2.43. The summed E-state index contributed by atoms with van der Waals surface area (Å²) in [6.45, 7) is 1.99. The number of aromatic nitrogens is 1. The number of amides is 1. The highest BCUT2D eigenvalue weighted by atomic mass is 16.5. The summed E-state index contributed by atoms with van der Waals surface area (Å²) in [6, 6.07) is 9.15. The summed E-state index contributed by atoms with van der Waals surface area (Å²) in [5.74, 6) is -0.531. The summed E-state index contributed by atoms with van der Waals surface area (Å²) in [5.41, 5.74) is 1.27. The van der Waals surface area contributed by atoms with Gasteiger partial charge in [0, 0.05) is 12.4 Å². The highest BCUT2D eigenvalue weighted by Gasteiger charge is 2.18. The van der Waals surface area contributed by atoms with Crippen LogP contribution >= 0.6 is 0 Å². The van der Waals surface area contributed by atoms with Crippen molar-refractivity contribution >= 4 is 29.0 Å². The van der Waals surface area contributed by atoms with Crippen LogP contribution in [0.25, 0.3) is 10.9 Å². The molecule has 0 aliphatic heterocycles. The van der Waals surface area contributed by atoms with E-state index in [0.717, 1.165) is 5.39 Å². The second-order valence-electron chi connectivity index (χ2n) is 3.99. The molecule has 0 radical (unpaired) electrons. The number of ether oxygens (including phenoxy) is 1. The fraction of sp³-hybridized carbons (Fsp3) is 0.214. The Morgan fingerprint density at radius 1 is 1.42 bits per heavy atom. The monoisotopic (exact) mass is 258 g/mol. The van der Waals surface area contributed by atoms with Gasteiger partial charge in [0.05, 0.1) is 17.8 Å². The van der Waals surface area contributed by atoms with Crippen molar-refractivity contribution in [1.82, 2.24) is 4.98 Å². The lowest BCUT2D eigenvalue weighted by Gasteiger charge is -2.15. The molecule has 1 amide bonds. The Bertz CT molecular complexity index is 625. The number of anilines is 1. The summed E-state index contributed by atoms with van der Waals surface area (Å²) in [7, 11) is 1.57. The molecule has 98 valence electrons. The molecule has 2 aromatic rings. The summed E-state index contributed by atoms with van der Waals surface area (Å²) in [6.07, 6.45) is 0.633. The fourth-order valence-corrected chi connectivity index (χ4v) is 1.78. The van der Waals surface area contributed by atoms with Crippen LogP contribution in [0.5, 0.6) is 0 Å². The Labute approximate surface area is 110 Å². The van der Waals surface area contributed by atoms with Crippen molar-refractivity contribution in [3.63, 3.8) is 0 Å². The van der Waals surface area contributed by atoms with Gasteiger partial charge in [0.1, 0.15) is 0 Å². The van der Waals surface area contributed by atoms with Crippen LogP contribution in [0.3, 0.4) is 0 Å². The number of hydrogen-bond acceptors (Lipinski definition) is 4. The van der Waals surface area contributed by atoms with Gasteiger partial charge >= 0.3 is 5.97 Å². The van der Waals surface area contributed by atoms with Crippen LogP contribution in [-0.4, -0.2) is 31.0 Å². The average Bonchev–Trinajstić information content (AvgIpc) is 2.45. The second-order valence-corrected chi connectivity index (χ2v) is 3.99. The summed E-state index contributed by atoms with van der Waals surface area (Å²) in [4.78, 5) is 28.4.